The number of hydrogen-bond acceptors (Lipinski definition) is 3. The largest absolute Gasteiger partial charge is 0.369 e. The van der Waals surface area contributed by atoms with Gasteiger partial charge >= 0.3 is 0 Å². The molecule has 0 aromatic heterocycles. The Morgan fingerprint density at radius 3 is 2.55 bits per heavy atom. The zero-order valence-electron chi connectivity index (χ0n) is 17.0. The lowest BCUT2D eigenvalue weighted by Crippen LogP contribution is -2.54. The summed E-state index contributed by atoms with van der Waals surface area (Å²) in [7, 11) is 0. The third kappa shape index (κ3) is 5.36. The lowest BCUT2D eigenvalue weighted by Gasteiger charge is -2.44. The van der Waals surface area contributed by atoms with Gasteiger partial charge in [-0.3, -0.25) is 0 Å². The van der Waals surface area contributed by atoms with E-state index in [0.29, 0.717) is 28.2 Å². The molecule has 3 aromatic carbocycles. The molecule has 0 amide bonds. The fourth-order valence-corrected chi connectivity index (χ4v) is 4.41. The molecular formula is C25H24BrClFNO2. The second-order valence-corrected chi connectivity index (χ2v) is 9.01. The second kappa shape index (κ2) is 10.2. The van der Waals surface area contributed by atoms with Crippen LogP contribution < -0.4 is 5.32 Å². The van der Waals surface area contributed by atoms with E-state index in [2.05, 4.69) is 21.2 Å². The molecule has 1 aliphatic rings. The number of hydrogen-bond donors (Lipinski definition) is 1. The average molecular weight is 505 g/mol. The van der Waals surface area contributed by atoms with E-state index in [1.54, 1.807) is 6.07 Å². The fraction of sp³-hybridized carbons (Fsp3) is 0.280. The molecule has 0 bridgehead atoms. The first-order valence-corrected chi connectivity index (χ1v) is 11.4. The third-order valence-electron chi connectivity index (χ3n) is 5.65. The van der Waals surface area contributed by atoms with Crippen molar-refractivity contribution in [2.75, 3.05) is 13.1 Å². The Balaban J connectivity index is 1.61. The SMILES string of the molecule is Fc1cc(Br)ccc1CO[C@H]1CNCC[C@]1(OCc1ccccc1)c1ccc(Cl)cc1. The van der Waals surface area contributed by atoms with Gasteiger partial charge in [-0.25, -0.2) is 4.39 Å². The van der Waals surface area contributed by atoms with Crippen molar-refractivity contribution in [3.8, 4) is 0 Å². The summed E-state index contributed by atoms with van der Waals surface area (Å²) < 4.78 is 28.0. The van der Waals surface area contributed by atoms with Gasteiger partial charge in [-0.05, 0) is 48.4 Å². The highest BCUT2D eigenvalue weighted by Crippen LogP contribution is 2.38. The zero-order chi connectivity index (χ0) is 21.7. The zero-order valence-corrected chi connectivity index (χ0v) is 19.3. The van der Waals surface area contributed by atoms with E-state index in [4.69, 9.17) is 21.1 Å². The molecule has 1 N–H and O–H groups in total. The minimum absolute atomic E-state index is 0.162. The first-order valence-electron chi connectivity index (χ1n) is 10.3. The van der Waals surface area contributed by atoms with Crippen LogP contribution in [-0.4, -0.2) is 19.2 Å². The maximum atomic E-state index is 14.4. The molecule has 0 radical (unpaired) electrons. The molecule has 1 saturated heterocycles. The molecule has 3 nitrogen and oxygen atoms in total. The first-order chi connectivity index (χ1) is 15.1. The molecule has 0 aliphatic carbocycles. The summed E-state index contributed by atoms with van der Waals surface area (Å²) in [5.41, 5.74) is 1.95. The van der Waals surface area contributed by atoms with Gasteiger partial charge in [0.2, 0.25) is 0 Å². The van der Waals surface area contributed by atoms with Gasteiger partial charge in [0.15, 0.2) is 0 Å². The quantitative estimate of drug-likeness (QED) is 0.414. The minimum Gasteiger partial charge on any atom is -0.369 e. The van der Waals surface area contributed by atoms with Gasteiger partial charge in [0.05, 0.1) is 13.2 Å². The maximum Gasteiger partial charge on any atom is 0.129 e. The van der Waals surface area contributed by atoms with Crippen molar-refractivity contribution in [1.29, 1.82) is 0 Å². The Morgan fingerprint density at radius 2 is 1.81 bits per heavy atom. The molecule has 6 heteroatoms. The predicted molar refractivity (Wildman–Crippen MR) is 125 cm³/mol. The highest BCUT2D eigenvalue weighted by Gasteiger charge is 2.44. The van der Waals surface area contributed by atoms with Gasteiger partial charge in [-0.15, -0.1) is 0 Å². The van der Waals surface area contributed by atoms with Gasteiger partial charge in [0.1, 0.15) is 17.5 Å². The van der Waals surface area contributed by atoms with Crippen LogP contribution in [0.3, 0.4) is 0 Å². The van der Waals surface area contributed by atoms with Crippen LogP contribution in [0.5, 0.6) is 0 Å². The molecule has 162 valence electrons. The topological polar surface area (TPSA) is 30.5 Å². The minimum atomic E-state index is -0.669. The third-order valence-corrected chi connectivity index (χ3v) is 6.40. The second-order valence-electron chi connectivity index (χ2n) is 7.66. The Bertz CT molecular complexity index is 1000. The molecule has 0 spiro atoms. The van der Waals surface area contributed by atoms with Crippen molar-refractivity contribution < 1.29 is 13.9 Å². The van der Waals surface area contributed by atoms with Crippen molar-refractivity contribution in [3.63, 3.8) is 0 Å². The molecule has 3 aromatic rings. The Morgan fingerprint density at radius 1 is 1.03 bits per heavy atom. The van der Waals surface area contributed by atoms with Crippen molar-refractivity contribution >= 4 is 27.5 Å². The van der Waals surface area contributed by atoms with E-state index in [-0.39, 0.29) is 18.5 Å². The molecule has 4 rings (SSSR count). The summed E-state index contributed by atoms with van der Waals surface area (Å²) in [4.78, 5) is 0. The highest BCUT2D eigenvalue weighted by atomic mass is 79.9. The summed E-state index contributed by atoms with van der Waals surface area (Å²) in [6.07, 6.45) is 0.434. The summed E-state index contributed by atoms with van der Waals surface area (Å²) in [6, 6.07) is 22.8. The molecule has 1 fully saturated rings. The van der Waals surface area contributed by atoms with Crippen LogP contribution in [0, 0.1) is 5.82 Å². The summed E-state index contributed by atoms with van der Waals surface area (Å²) in [6.45, 7) is 2.02. The predicted octanol–water partition coefficient (Wildman–Crippen LogP) is 6.23. The number of ether oxygens (including phenoxy) is 2. The lowest BCUT2D eigenvalue weighted by molar-refractivity contribution is -0.176. The van der Waals surface area contributed by atoms with E-state index in [1.807, 2.05) is 60.7 Å². The smallest absolute Gasteiger partial charge is 0.129 e. The normalized spacial score (nSPS) is 21.2. The van der Waals surface area contributed by atoms with Gasteiger partial charge in [0, 0.05) is 21.6 Å². The van der Waals surface area contributed by atoms with Crippen LogP contribution in [0.1, 0.15) is 23.1 Å². The van der Waals surface area contributed by atoms with E-state index >= 15 is 0 Å². The highest BCUT2D eigenvalue weighted by molar-refractivity contribution is 9.10. The Kier molecular flexibility index (Phi) is 7.41. The van der Waals surface area contributed by atoms with E-state index < -0.39 is 5.60 Å². The van der Waals surface area contributed by atoms with E-state index in [1.165, 1.54) is 6.07 Å². The van der Waals surface area contributed by atoms with Crippen LogP contribution >= 0.6 is 27.5 Å². The van der Waals surface area contributed by atoms with Crippen molar-refractivity contribution in [2.24, 2.45) is 0 Å². The summed E-state index contributed by atoms with van der Waals surface area (Å²) in [5.74, 6) is -0.291. The van der Waals surface area contributed by atoms with Gasteiger partial charge in [-0.2, -0.15) is 0 Å². The standard InChI is InChI=1S/C25H24BrClFNO2/c26-21-9-6-19(23(28)14-21)17-30-24-15-29-13-12-25(24,20-7-10-22(27)11-8-20)31-16-18-4-2-1-3-5-18/h1-11,14,24,29H,12-13,15-17H2/t24-,25-/m0/s1. The van der Waals surface area contributed by atoms with Crippen LogP contribution in [0.4, 0.5) is 4.39 Å². The number of nitrogens with one attached hydrogen (secondary N) is 1. The lowest BCUT2D eigenvalue weighted by atomic mass is 9.82. The fourth-order valence-electron chi connectivity index (χ4n) is 3.95. The molecular weight excluding hydrogens is 481 g/mol. The Labute approximate surface area is 195 Å². The van der Waals surface area contributed by atoms with Gasteiger partial charge in [0.25, 0.3) is 0 Å². The van der Waals surface area contributed by atoms with Crippen LogP contribution in [0.25, 0.3) is 0 Å². The monoisotopic (exact) mass is 503 g/mol. The molecule has 2 atom stereocenters. The molecule has 0 saturated carbocycles. The van der Waals surface area contributed by atoms with Gasteiger partial charge < -0.3 is 14.8 Å². The number of halogens is 3. The van der Waals surface area contributed by atoms with E-state index in [0.717, 1.165) is 24.1 Å². The summed E-state index contributed by atoms with van der Waals surface area (Å²) in [5, 5.41) is 4.07. The van der Waals surface area contributed by atoms with Crippen molar-refractivity contribution in [1.82, 2.24) is 5.32 Å². The van der Waals surface area contributed by atoms with Gasteiger partial charge in [-0.1, -0.05) is 76.1 Å². The Hall–Kier alpha value is -1.76. The van der Waals surface area contributed by atoms with Crippen LogP contribution in [-0.2, 0) is 28.3 Å². The van der Waals surface area contributed by atoms with Crippen LogP contribution in [0.2, 0.25) is 5.02 Å². The number of benzene rings is 3. The number of rotatable bonds is 7. The van der Waals surface area contributed by atoms with Crippen LogP contribution in [0.15, 0.2) is 77.3 Å². The molecule has 0 unspecified atom stereocenters. The molecule has 31 heavy (non-hydrogen) atoms. The van der Waals surface area contributed by atoms with E-state index in [9.17, 15) is 4.39 Å². The summed E-state index contributed by atoms with van der Waals surface area (Å²) >= 11 is 9.45. The molecule has 1 heterocycles. The first kappa shape index (κ1) is 22.4. The van der Waals surface area contributed by atoms with Crippen molar-refractivity contribution in [2.45, 2.75) is 31.3 Å². The maximum absolute atomic E-state index is 14.4. The number of piperidine rings is 1. The molecule has 1 aliphatic heterocycles. The average Bonchev–Trinajstić information content (AvgIpc) is 2.79. The van der Waals surface area contributed by atoms with Crippen molar-refractivity contribution in [3.05, 3.63) is 105 Å².